The number of nitrogens with two attached hydrogens (primary N) is 1. The van der Waals surface area contributed by atoms with Gasteiger partial charge in [0.1, 0.15) is 11.6 Å². The van der Waals surface area contributed by atoms with Crippen molar-refractivity contribution in [1.82, 2.24) is 10.3 Å². The molecule has 0 fully saturated rings. The van der Waals surface area contributed by atoms with Gasteiger partial charge in [-0.15, -0.1) is 0 Å². The highest BCUT2D eigenvalue weighted by molar-refractivity contribution is 5.87. The van der Waals surface area contributed by atoms with Crippen molar-refractivity contribution in [2.45, 2.75) is 33.2 Å². The van der Waals surface area contributed by atoms with E-state index in [1.165, 1.54) is 11.1 Å². The molecule has 2 atom stereocenters. The number of amides is 1. The molecule has 0 radical (unpaired) electrons. The SMILES string of the molecule is COc1ccccc1C(C)NC(=O)C(C)Cc1cc2cc(-c3ccccc3C)ccc2nc1N. The molecule has 0 saturated carbocycles. The summed E-state index contributed by atoms with van der Waals surface area (Å²) in [7, 11) is 1.63. The Morgan fingerprint density at radius 3 is 2.53 bits per heavy atom. The van der Waals surface area contributed by atoms with Gasteiger partial charge >= 0.3 is 0 Å². The first-order chi connectivity index (χ1) is 16.4. The lowest BCUT2D eigenvalue weighted by Crippen LogP contribution is -2.32. The van der Waals surface area contributed by atoms with E-state index in [9.17, 15) is 4.79 Å². The Kier molecular flexibility index (Phi) is 6.82. The van der Waals surface area contributed by atoms with Gasteiger partial charge in [-0.1, -0.05) is 55.5 Å². The lowest BCUT2D eigenvalue weighted by Gasteiger charge is -2.20. The van der Waals surface area contributed by atoms with Crippen molar-refractivity contribution < 1.29 is 9.53 Å². The van der Waals surface area contributed by atoms with E-state index in [-0.39, 0.29) is 17.9 Å². The van der Waals surface area contributed by atoms with Crippen LogP contribution in [-0.4, -0.2) is 18.0 Å². The van der Waals surface area contributed by atoms with Gasteiger partial charge in [0.2, 0.25) is 5.91 Å². The van der Waals surface area contributed by atoms with Crippen LogP contribution in [0.4, 0.5) is 5.82 Å². The maximum absolute atomic E-state index is 13.0. The Morgan fingerprint density at radius 2 is 1.76 bits per heavy atom. The molecule has 2 unspecified atom stereocenters. The molecule has 5 heteroatoms. The molecule has 4 rings (SSSR count). The second-order valence-electron chi connectivity index (χ2n) is 8.83. The van der Waals surface area contributed by atoms with Crippen molar-refractivity contribution in [2.24, 2.45) is 5.92 Å². The molecule has 0 aliphatic rings. The number of ether oxygens (including phenoxy) is 1. The second kappa shape index (κ2) is 9.96. The maximum Gasteiger partial charge on any atom is 0.223 e. The number of rotatable bonds is 7. The van der Waals surface area contributed by atoms with Crippen molar-refractivity contribution in [1.29, 1.82) is 0 Å². The largest absolute Gasteiger partial charge is 0.496 e. The van der Waals surface area contributed by atoms with Gasteiger partial charge in [0.05, 0.1) is 18.7 Å². The Hall–Kier alpha value is -3.86. The van der Waals surface area contributed by atoms with E-state index in [1.807, 2.05) is 56.3 Å². The molecule has 0 aliphatic carbocycles. The lowest BCUT2D eigenvalue weighted by molar-refractivity contribution is -0.125. The molecule has 3 aromatic carbocycles. The number of methoxy groups -OCH3 is 1. The molecule has 3 N–H and O–H groups in total. The number of benzene rings is 3. The summed E-state index contributed by atoms with van der Waals surface area (Å²) in [5.74, 6) is 0.925. The topological polar surface area (TPSA) is 77.2 Å². The first-order valence-electron chi connectivity index (χ1n) is 11.6. The van der Waals surface area contributed by atoms with Crippen molar-refractivity contribution in [3.63, 3.8) is 0 Å². The average Bonchev–Trinajstić information content (AvgIpc) is 2.84. The first kappa shape index (κ1) is 23.3. The highest BCUT2D eigenvalue weighted by Gasteiger charge is 2.20. The van der Waals surface area contributed by atoms with Crippen LogP contribution in [0.5, 0.6) is 5.75 Å². The summed E-state index contributed by atoms with van der Waals surface area (Å²) in [5, 5.41) is 4.12. The number of anilines is 1. The third-order valence-corrected chi connectivity index (χ3v) is 6.32. The van der Waals surface area contributed by atoms with Crippen molar-refractivity contribution in [3.05, 3.63) is 89.5 Å². The number of para-hydroxylation sites is 1. The molecule has 34 heavy (non-hydrogen) atoms. The van der Waals surface area contributed by atoms with Gasteiger partial charge in [0.25, 0.3) is 0 Å². The van der Waals surface area contributed by atoms with Gasteiger partial charge in [-0.2, -0.15) is 0 Å². The van der Waals surface area contributed by atoms with E-state index in [2.05, 4.69) is 47.6 Å². The highest BCUT2D eigenvalue weighted by atomic mass is 16.5. The molecule has 0 bridgehead atoms. The normalized spacial score (nSPS) is 12.8. The fraction of sp³-hybridized carbons (Fsp3) is 0.241. The van der Waals surface area contributed by atoms with Crippen LogP contribution < -0.4 is 15.8 Å². The predicted molar refractivity (Wildman–Crippen MR) is 139 cm³/mol. The van der Waals surface area contributed by atoms with Gasteiger partial charge in [-0.05, 0) is 66.8 Å². The van der Waals surface area contributed by atoms with E-state index in [0.29, 0.717) is 12.2 Å². The number of hydrogen-bond donors (Lipinski definition) is 2. The van der Waals surface area contributed by atoms with Gasteiger partial charge in [0, 0.05) is 16.9 Å². The highest BCUT2D eigenvalue weighted by Crippen LogP contribution is 2.29. The standard InChI is InChI=1S/C29H31N3O2/c1-18-9-5-6-10-24(18)21-13-14-26-22(16-21)17-23(28(30)32-26)15-19(2)29(33)31-20(3)25-11-7-8-12-27(25)34-4/h5-14,16-17,19-20H,15H2,1-4H3,(H2,30,32)(H,31,33). The average molecular weight is 454 g/mol. The summed E-state index contributed by atoms with van der Waals surface area (Å²) in [6.07, 6.45) is 0.508. The third kappa shape index (κ3) is 4.88. The first-order valence-corrected chi connectivity index (χ1v) is 11.6. The molecule has 0 saturated heterocycles. The van der Waals surface area contributed by atoms with Crippen molar-refractivity contribution >= 4 is 22.6 Å². The van der Waals surface area contributed by atoms with Crippen LogP contribution in [0.25, 0.3) is 22.0 Å². The number of nitrogen functional groups attached to an aromatic ring is 1. The van der Waals surface area contributed by atoms with E-state index in [1.54, 1.807) is 7.11 Å². The number of pyridine rings is 1. The molecular formula is C29H31N3O2. The molecular weight excluding hydrogens is 422 g/mol. The summed E-state index contributed by atoms with van der Waals surface area (Å²) in [6.45, 7) is 5.98. The van der Waals surface area contributed by atoms with Gasteiger partial charge in [-0.25, -0.2) is 4.98 Å². The number of hydrogen-bond acceptors (Lipinski definition) is 4. The monoisotopic (exact) mass is 453 g/mol. The van der Waals surface area contributed by atoms with E-state index < -0.39 is 0 Å². The Balaban J connectivity index is 1.54. The molecule has 0 spiro atoms. The minimum atomic E-state index is -0.266. The molecule has 0 aliphatic heterocycles. The molecule has 174 valence electrons. The van der Waals surface area contributed by atoms with Crippen LogP contribution in [0.2, 0.25) is 0 Å². The number of aryl methyl sites for hydroxylation is 1. The quantitative estimate of drug-likeness (QED) is 0.368. The summed E-state index contributed by atoms with van der Waals surface area (Å²) >= 11 is 0. The second-order valence-corrected chi connectivity index (χ2v) is 8.83. The lowest BCUT2D eigenvalue weighted by atomic mass is 9.96. The minimum absolute atomic E-state index is 0.0356. The zero-order valence-electron chi connectivity index (χ0n) is 20.1. The van der Waals surface area contributed by atoms with Crippen LogP contribution >= 0.6 is 0 Å². The molecule has 1 amide bonds. The minimum Gasteiger partial charge on any atom is -0.496 e. The smallest absolute Gasteiger partial charge is 0.223 e. The van der Waals surface area contributed by atoms with Crippen LogP contribution in [0.3, 0.4) is 0 Å². The summed E-state index contributed by atoms with van der Waals surface area (Å²) in [6, 6.07) is 24.2. The summed E-state index contributed by atoms with van der Waals surface area (Å²) in [5.41, 5.74) is 12.5. The van der Waals surface area contributed by atoms with E-state index >= 15 is 0 Å². The van der Waals surface area contributed by atoms with Crippen LogP contribution in [-0.2, 0) is 11.2 Å². The van der Waals surface area contributed by atoms with E-state index in [4.69, 9.17) is 10.5 Å². The molecule has 5 nitrogen and oxygen atoms in total. The fourth-order valence-electron chi connectivity index (χ4n) is 4.34. The zero-order valence-corrected chi connectivity index (χ0v) is 20.1. The van der Waals surface area contributed by atoms with Crippen LogP contribution in [0.1, 0.15) is 36.6 Å². The number of fused-ring (bicyclic) bond motifs is 1. The molecule has 1 aromatic heterocycles. The molecule has 4 aromatic rings. The van der Waals surface area contributed by atoms with Gasteiger partial charge < -0.3 is 15.8 Å². The number of aromatic nitrogens is 1. The Labute approximate surface area is 201 Å². The zero-order chi connectivity index (χ0) is 24.2. The molecule has 1 heterocycles. The fourth-order valence-corrected chi connectivity index (χ4v) is 4.34. The van der Waals surface area contributed by atoms with Crippen LogP contribution in [0, 0.1) is 12.8 Å². The number of carbonyl (C=O) groups is 1. The van der Waals surface area contributed by atoms with E-state index in [0.717, 1.165) is 33.3 Å². The Morgan fingerprint density at radius 1 is 1.03 bits per heavy atom. The van der Waals surface area contributed by atoms with Crippen molar-refractivity contribution in [2.75, 3.05) is 12.8 Å². The van der Waals surface area contributed by atoms with Gasteiger partial charge in [0.15, 0.2) is 0 Å². The van der Waals surface area contributed by atoms with Crippen molar-refractivity contribution in [3.8, 4) is 16.9 Å². The number of nitrogens with zero attached hydrogens (tertiary/aromatic N) is 1. The van der Waals surface area contributed by atoms with Gasteiger partial charge in [-0.3, -0.25) is 4.79 Å². The maximum atomic E-state index is 13.0. The number of nitrogens with one attached hydrogen (secondary N) is 1. The predicted octanol–water partition coefficient (Wildman–Crippen LogP) is 5.86. The third-order valence-electron chi connectivity index (χ3n) is 6.32. The summed E-state index contributed by atoms with van der Waals surface area (Å²) < 4.78 is 5.43. The van der Waals surface area contributed by atoms with Crippen LogP contribution in [0.15, 0.2) is 72.8 Å². The number of carbonyl (C=O) groups excluding carboxylic acids is 1. The summed E-state index contributed by atoms with van der Waals surface area (Å²) in [4.78, 5) is 17.6. The Bertz CT molecular complexity index is 1330.